The number of carbonyl (C=O) groups excluding carboxylic acids is 4. The SMILES string of the molecule is COC(=O)CCc1c(C(=O)OC(C)(C)C)[nH]c(C(C(=O)OCc2ccccc2)[P+](c2ccccc2)(c2ccccc2)c2ccccc2)c1CC(=O)OC. The predicted octanol–water partition coefficient (Wildman–Crippen LogP) is 6.57. The van der Waals surface area contributed by atoms with Crippen molar-refractivity contribution < 1.29 is 38.1 Å². The summed E-state index contributed by atoms with van der Waals surface area (Å²) in [6.07, 6.45) is -0.386. The number of nitrogens with one attached hydrogen (secondary N) is 1. The third-order valence-electron chi connectivity index (χ3n) is 8.81. The molecule has 274 valence electrons. The van der Waals surface area contributed by atoms with Crippen molar-refractivity contribution in [2.45, 2.75) is 57.9 Å². The molecule has 53 heavy (non-hydrogen) atoms. The van der Waals surface area contributed by atoms with Crippen molar-refractivity contribution in [1.29, 1.82) is 0 Å². The maximum Gasteiger partial charge on any atom is 0.355 e. The van der Waals surface area contributed by atoms with Crippen LogP contribution < -0.4 is 15.9 Å². The van der Waals surface area contributed by atoms with Crippen molar-refractivity contribution in [2.75, 3.05) is 14.2 Å². The van der Waals surface area contributed by atoms with Crippen molar-refractivity contribution in [2.24, 2.45) is 0 Å². The lowest BCUT2D eigenvalue weighted by molar-refractivity contribution is -0.145. The van der Waals surface area contributed by atoms with Crippen LogP contribution in [0.1, 0.15) is 65.7 Å². The molecule has 5 rings (SSSR count). The Labute approximate surface area is 311 Å². The molecule has 0 aliphatic rings. The fourth-order valence-electron chi connectivity index (χ4n) is 6.52. The monoisotopic (exact) mass is 734 g/mol. The van der Waals surface area contributed by atoms with E-state index in [0.29, 0.717) is 16.8 Å². The fourth-order valence-corrected chi connectivity index (χ4v) is 11.2. The molecule has 0 amide bonds. The number of aromatic nitrogens is 1. The molecular formula is C43H45NO8P+. The molecule has 5 aromatic rings. The zero-order valence-corrected chi connectivity index (χ0v) is 31.6. The molecule has 1 heterocycles. The molecule has 9 nitrogen and oxygen atoms in total. The number of aromatic amines is 1. The van der Waals surface area contributed by atoms with Crippen molar-refractivity contribution >= 4 is 47.1 Å². The molecule has 0 saturated heterocycles. The van der Waals surface area contributed by atoms with E-state index in [0.717, 1.165) is 21.5 Å². The molecule has 10 heteroatoms. The highest BCUT2D eigenvalue weighted by Crippen LogP contribution is 2.67. The normalized spacial score (nSPS) is 12.0. The van der Waals surface area contributed by atoms with Gasteiger partial charge in [-0.3, -0.25) is 9.59 Å². The Bertz CT molecular complexity index is 1910. The Kier molecular flexibility index (Phi) is 12.6. The number of benzene rings is 4. The van der Waals surface area contributed by atoms with E-state index in [4.69, 9.17) is 18.9 Å². The Morgan fingerprint density at radius 2 is 1.13 bits per heavy atom. The molecule has 0 saturated carbocycles. The summed E-state index contributed by atoms with van der Waals surface area (Å²) in [6, 6.07) is 38.7. The van der Waals surface area contributed by atoms with Crippen molar-refractivity contribution in [3.8, 4) is 0 Å². The smallest absolute Gasteiger partial charge is 0.355 e. The molecule has 0 spiro atoms. The fraction of sp³-hybridized carbons (Fsp3) is 0.256. The minimum atomic E-state index is -3.16. The number of carbonyl (C=O) groups is 4. The quantitative estimate of drug-likeness (QED) is 0.0773. The number of esters is 4. The van der Waals surface area contributed by atoms with Crippen LogP contribution in [0.25, 0.3) is 0 Å². The average Bonchev–Trinajstić information content (AvgIpc) is 3.52. The zero-order chi connectivity index (χ0) is 38.0. The number of H-pyrrole nitrogens is 1. The minimum absolute atomic E-state index is 0.0172. The first kappa shape index (κ1) is 38.7. The van der Waals surface area contributed by atoms with E-state index in [9.17, 15) is 14.4 Å². The third-order valence-corrected chi connectivity index (χ3v) is 13.4. The van der Waals surface area contributed by atoms with Gasteiger partial charge in [0.2, 0.25) is 5.66 Å². The summed E-state index contributed by atoms with van der Waals surface area (Å²) < 4.78 is 22.3. The van der Waals surface area contributed by atoms with Gasteiger partial charge in [-0.1, -0.05) is 84.9 Å². The summed E-state index contributed by atoms with van der Waals surface area (Å²) >= 11 is 0. The maximum atomic E-state index is 15.3. The molecule has 1 aromatic heterocycles. The van der Waals surface area contributed by atoms with Crippen LogP contribution in [0.3, 0.4) is 0 Å². The van der Waals surface area contributed by atoms with Gasteiger partial charge in [-0.15, -0.1) is 0 Å². The van der Waals surface area contributed by atoms with Crippen molar-refractivity contribution in [3.05, 3.63) is 149 Å². The molecular weight excluding hydrogens is 689 g/mol. The molecule has 0 bridgehead atoms. The van der Waals surface area contributed by atoms with Crippen LogP contribution in [0.4, 0.5) is 0 Å². The van der Waals surface area contributed by atoms with Crippen LogP contribution in [0.2, 0.25) is 0 Å². The lowest BCUT2D eigenvalue weighted by atomic mass is 9.99. The van der Waals surface area contributed by atoms with E-state index >= 15 is 4.79 Å². The van der Waals surface area contributed by atoms with E-state index in [1.165, 1.54) is 14.2 Å². The second-order valence-corrected chi connectivity index (χ2v) is 16.9. The van der Waals surface area contributed by atoms with Crippen LogP contribution >= 0.6 is 7.26 Å². The largest absolute Gasteiger partial charge is 0.469 e. The van der Waals surface area contributed by atoms with E-state index in [1.54, 1.807) is 20.8 Å². The topological polar surface area (TPSA) is 121 Å². The zero-order valence-electron chi connectivity index (χ0n) is 30.7. The first-order chi connectivity index (χ1) is 25.5. The molecule has 0 radical (unpaired) electrons. The van der Waals surface area contributed by atoms with E-state index in [-0.39, 0.29) is 31.6 Å². The number of ether oxygens (including phenoxy) is 4. The first-order valence-corrected chi connectivity index (χ1v) is 19.2. The van der Waals surface area contributed by atoms with Gasteiger partial charge in [0.25, 0.3) is 0 Å². The summed E-state index contributed by atoms with van der Waals surface area (Å²) in [5.41, 5.74) is -0.158. The number of rotatable bonds is 14. The number of hydrogen-bond donors (Lipinski definition) is 1. The predicted molar refractivity (Wildman–Crippen MR) is 206 cm³/mol. The van der Waals surface area contributed by atoms with Crippen molar-refractivity contribution in [3.63, 3.8) is 0 Å². The van der Waals surface area contributed by atoms with Gasteiger partial charge in [-0.2, -0.15) is 0 Å². The van der Waals surface area contributed by atoms with Crippen LogP contribution in [0.15, 0.2) is 121 Å². The molecule has 1 N–H and O–H groups in total. The first-order valence-electron chi connectivity index (χ1n) is 17.4. The summed E-state index contributed by atoms with van der Waals surface area (Å²) in [5.74, 6) is -2.37. The Balaban J connectivity index is 1.91. The molecule has 4 aromatic carbocycles. The van der Waals surface area contributed by atoms with E-state index in [2.05, 4.69) is 4.98 Å². The summed E-state index contributed by atoms with van der Waals surface area (Å²) in [5, 5.41) is 2.60. The Morgan fingerprint density at radius 1 is 0.660 bits per heavy atom. The van der Waals surface area contributed by atoms with Gasteiger partial charge >= 0.3 is 23.9 Å². The maximum absolute atomic E-state index is 15.3. The van der Waals surface area contributed by atoms with Gasteiger partial charge in [-0.05, 0) is 80.3 Å². The van der Waals surface area contributed by atoms with Gasteiger partial charge < -0.3 is 23.9 Å². The highest BCUT2D eigenvalue weighted by molar-refractivity contribution is 7.96. The van der Waals surface area contributed by atoms with Gasteiger partial charge in [0.05, 0.1) is 26.3 Å². The third kappa shape index (κ3) is 8.93. The van der Waals surface area contributed by atoms with Gasteiger partial charge in [0.15, 0.2) is 0 Å². The van der Waals surface area contributed by atoms with Gasteiger partial charge in [0.1, 0.15) is 41.1 Å². The van der Waals surface area contributed by atoms with Crippen LogP contribution in [0, 0.1) is 0 Å². The minimum Gasteiger partial charge on any atom is -0.469 e. The van der Waals surface area contributed by atoms with E-state index < -0.39 is 42.4 Å². The van der Waals surface area contributed by atoms with Crippen LogP contribution in [0.5, 0.6) is 0 Å². The standard InChI is InChI=1S/C43H44NO8P/c1-43(2,3)52-41(47)39-34(26-27-36(45)49-4)35(28-37(46)50-5)38(44-39)40(42(48)51-29-30-18-10-6-11-19-30)53(31-20-12-7-13-21-31,32-22-14-8-15-23-32)33-24-16-9-17-25-33/h6-25,40H,26-29H2,1-5H3/p+1. The lowest BCUT2D eigenvalue weighted by Gasteiger charge is -2.33. The lowest BCUT2D eigenvalue weighted by Crippen LogP contribution is -2.39. The Morgan fingerprint density at radius 3 is 1.58 bits per heavy atom. The van der Waals surface area contributed by atoms with E-state index in [1.807, 2.05) is 121 Å². The van der Waals surface area contributed by atoms with Crippen LogP contribution in [-0.2, 0) is 52.8 Å². The Hall–Kier alpha value is -5.53. The number of methoxy groups -OCH3 is 2. The highest BCUT2D eigenvalue weighted by atomic mass is 31.2. The molecule has 0 fully saturated rings. The average molecular weight is 735 g/mol. The van der Waals surface area contributed by atoms with Crippen molar-refractivity contribution in [1.82, 2.24) is 4.98 Å². The molecule has 1 atom stereocenters. The molecule has 0 aliphatic carbocycles. The molecule has 1 unspecified atom stereocenters. The summed E-state index contributed by atoms with van der Waals surface area (Å²) in [4.78, 5) is 58.6. The number of hydrogen-bond acceptors (Lipinski definition) is 8. The van der Waals surface area contributed by atoms with Gasteiger partial charge in [-0.25, -0.2) is 9.59 Å². The molecule has 0 aliphatic heterocycles. The van der Waals surface area contributed by atoms with Crippen LogP contribution in [-0.4, -0.2) is 48.7 Å². The van der Waals surface area contributed by atoms with Gasteiger partial charge in [0, 0.05) is 6.42 Å². The summed E-state index contributed by atoms with van der Waals surface area (Å²) in [6.45, 7) is 5.23. The second-order valence-electron chi connectivity index (χ2n) is 13.4. The summed E-state index contributed by atoms with van der Waals surface area (Å²) in [7, 11) is -0.605. The highest BCUT2D eigenvalue weighted by Gasteiger charge is 2.59. The second kappa shape index (κ2) is 17.3.